The van der Waals surface area contributed by atoms with E-state index in [4.69, 9.17) is 32.7 Å². The van der Waals surface area contributed by atoms with Crippen LogP contribution in [0.5, 0.6) is 11.5 Å². The van der Waals surface area contributed by atoms with Crippen molar-refractivity contribution in [3.63, 3.8) is 0 Å². The van der Waals surface area contributed by atoms with E-state index in [0.29, 0.717) is 22.0 Å². The van der Waals surface area contributed by atoms with Gasteiger partial charge in [-0.05, 0) is 117 Å². The number of hydrogen-bond donors (Lipinski definition) is 1. The molecule has 0 radical (unpaired) electrons. The maximum atomic E-state index is 14.2. The monoisotopic (exact) mass is 883 g/mol. The highest BCUT2D eigenvalue weighted by Crippen LogP contribution is 2.44. The molecule has 1 N–H and O–H groups in total. The Balaban J connectivity index is 0.000000205. The zero-order valence-corrected chi connectivity index (χ0v) is 35.0. The number of methoxy groups -OCH3 is 2. The summed E-state index contributed by atoms with van der Waals surface area (Å²) in [6.07, 6.45) is -3.08. The second kappa shape index (κ2) is 17.5. The van der Waals surface area contributed by atoms with Gasteiger partial charge in [-0.15, -0.1) is 0 Å². The van der Waals surface area contributed by atoms with E-state index >= 15 is 0 Å². The molecule has 0 fully saturated rings. The number of nitrogens with one attached hydrogen (secondary N) is 1. The molecule has 17 heteroatoms. The number of fused-ring (bicyclic) bond motifs is 4. The number of hydrogen-bond acceptors (Lipinski definition) is 8. The summed E-state index contributed by atoms with van der Waals surface area (Å²) in [4.78, 5) is 50.4. The molecule has 7 rings (SSSR count). The van der Waals surface area contributed by atoms with E-state index < -0.39 is 52.1 Å². The SMILES string of the molecule is COc1ccc2c(c1)c(C(F)(F)F)c(CCC(=O)NS(C)(=O)=O)n2C(=O)c1ccc(Cl)cc1.COc1ccc2c(c1)c1c(n2C(=O)c2ccc(Cl)cc2)C(CC(C)=O)CC1. The molecule has 60 heavy (non-hydrogen) atoms. The van der Waals surface area contributed by atoms with E-state index in [1.54, 1.807) is 47.6 Å². The van der Waals surface area contributed by atoms with Crippen molar-refractivity contribution in [3.05, 3.63) is 129 Å². The van der Waals surface area contributed by atoms with Gasteiger partial charge in [-0.1, -0.05) is 23.2 Å². The first kappa shape index (κ1) is 43.9. The predicted molar refractivity (Wildman–Crippen MR) is 222 cm³/mol. The molecule has 0 spiro atoms. The number of rotatable bonds is 10. The number of nitrogens with zero attached hydrogens (tertiary/aromatic N) is 2. The van der Waals surface area contributed by atoms with Crippen LogP contribution in [0.25, 0.3) is 21.8 Å². The second-order valence-corrected chi connectivity index (χ2v) is 16.8. The molecule has 1 amide bonds. The van der Waals surface area contributed by atoms with Gasteiger partial charge < -0.3 is 14.3 Å². The second-order valence-electron chi connectivity index (χ2n) is 14.2. The summed E-state index contributed by atoms with van der Waals surface area (Å²) in [5.74, 6) is -0.761. The van der Waals surface area contributed by atoms with Crippen LogP contribution in [0.1, 0.15) is 75.3 Å². The number of halogens is 5. The quantitative estimate of drug-likeness (QED) is 0.144. The Morgan fingerprint density at radius 3 is 1.77 bits per heavy atom. The zero-order chi connectivity index (χ0) is 43.7. The topological polar surface area (TPSA) is 143 Å². The lowest BCUT2D eigenvalue weighted by Gasteiger charge is -2.15. The Kier molecular flexibility index (Phi) is 12.8. The molecule has 2 heterocycles. The van der Waals surface area contributed by atoms with Gasteiger partial charge in [0, 0.05) is 62.1 Å². The number of amides is 1. The van der Waals surface area contributed by atoms with Crippen LogP contribution in [0.15, 0.2) is 84.9 Å². The molecule has 1 unspecified atom stereocenters. The lowest BCUT2D eigenvalue weighted by atomic mass is 10.0. The molecule has 2 aromatic heterocycles. The van der Waals surface area contributed by atoms with Gasteiger partial charge in [0.05, 0.1) is 37.1 Å². The molecule has 4 aromatic carbocycles. The molecule has 1 atom stereocenters. The van der Waals surface area contributed by atoms with Gasteiger partial charge in [0.2, 0.25) is 15.9 Å². The summed E-state index contributed by atoms with van der Waals surface area (Å²) in [5, 5.41) is 1.66. The summed E-state index contributed by atoms with van der Waals surface area (Å²) in [7, 11) is -0.971. The number of carbonyl (C=O) groups is 4. The highest BCUT2D eigenvalue weighted by molar-refractivity contribution is 7.89. The molecule has 6 aromatic rings. The smallest absolute Gasteiger partial charge is 0.418 e. The number of benzene rings is 4. The number of sulfonamides is 1. The van der Waals surface area contributed by atoms with Gasteiger partial charge in [0.15, 0.2) is 0 Å². The van der Waals surface area contributed by atoms with E-state index in [9.17, 15) is 40.8 Å². The van der Waals surface area contributed by atoms with Gasteiger partial charge >= 0.3 is 6.18 Å². The van der Waals surface area contributed by atoms with Crippen LogP contribution in [0.4, 0.5) is 13.2 Å². The van der Waals surface area contributed by atoms with Crippen molar-refractivity contribution in [1.29, 1.82) is 0 Å². The summed E-state index contributed by atoms with van der Waals surface area (Å²) >= 11 is 11.8. The standard InChI is InChI=1S/C22H20ClNO3.C21H18ClF3N2O5S/c1-13(25)11-15-5-9-18-19-12-17(27-2)8-10-20(19)24(21(15)18)22(26)14-3-6-16(23)7-4-14;1-32-14-7-8-16-15(11-14)19(21(23,24)25)17(9-10-18(28)26-33(2,30)31)27(16)20(29)12-3-5-13(22)6-4-12/h3-4,6-8,10,12,15H,5,9,11H2,1-2H3;3-8,11H,9-10H2,1-2H3,(H,26,28). The van der Waals surface area contributed by atoms with Gasteiger partial charge in [0.25, 0.3) is 11.8 Å². The van der Waals surface area contributed by atoms with Crippen LogP contribution in [0.3, 0.4) is 0 Å². The average Bonchev–Trinajstić information content (AvgIpc) is 3.85. The minimum absolute atomic E-state index is 0.0402. The van der Waals surface area contributed by atoms with E-state index in [1.807, 2.05) is 18.2 Å². The molecule has 11 nitrogen and oxygen atoms in total. The number of aryl methyl sites for hydroxylation is 1. The van der Waals surface area contributed by atoms with Crippen LogP contribution >= 0.6 is 23.2 Å². The fourth-order valence-corrected chi connectivity index (χ4v) is 8.33. The third-order valence-electron chi connectivity index (χ3n) is 10.0. The Morgan fingerprint density at radius 2 is 1.28 bits per heavy atom. The maximum Gasteiger partial charge on any atom is 0.418 e. The Labute approximate surface area is 353 Å². The van der Waals surface area contributed by atoms with Gasteiger partial charge in [-0.3, -0.25) is 28.2 Å². The van der Waals surface area contributed by atoms with E-state index in [1.165, 1.54) is 43.5 Å². The van der Waals surface area contributed by atoms with Crippen LogP contribution < -0.4 is 14.2 Å². The highest BCUT2D eigenvalue weighted by Gasteiger charge is 2.40. The van der Waals surface area contributed by atoms with Crippen molar-refractivity contribution < 1.29 is 50.2 Å². The lowest BCUT2D eigenvalue weighted by molar-refractivity contribution is -0.137. The Morgan fingerprint density at radius 1 is 0.783 bits per heavy atom. The molecule has 314 valence electrons. The summed E-state index contributed by atoms with van der Waals surface area (Å²) in [6, 6.07) is 22.2. The molecule has 1 aliphatic rings. The van der Waals surface area contributed by atoms with Gasteiger partial charge in [-0.2, -0.15) is 13.2 Å². The molecule has 0 saturated carbocycles. The minimum Gasteiger partial charge on any atom is -0.497 e. The van der Waals surface area contributed by atoms with Crippen LogP contribution in [-0.2, 0) is 38.6 Å². The Bertz CT molecular complexity index is 2760. The fourth-order valence-electron chi connectivity index (χ4n) is 7.56. The van der Waals surface area contributed by atoms with Gasteiger partial charge in [0.1, 0.15) is 17.3 Å². The van der Waals surface area contributed by atoms with E-state index in [2.05, 4.69) is 0 Å². The molecule has 0 aliphatic heterocycles. The number of aromatic nitrogens is 2. The van der Waals surface area contributed by atoms with Crippen molar-refractivity contribution >= 4 is 78.5 Å². The van der Waals surface area contributed by atoms with Crippen molar-refractivity contribution in [2.45, 2.75) is 51.1 Å². The van der Waals surface area contributed by atoms with Crippen LogP contribution in [0.2, 0.25) is 10.0 Å². The van der Waals surface area contributed by atoms with Crippen molar-refractivity contribution in [2.75, 3.05) is 20.5 Å². The summed E-state index contributed by atoms with van der Waals surface area (Å²) in [6.45, 7) is 1.61. The fraction of sp³-hybridized carbons (Fsp3) is 0.256. The van der Waals surface area contributed by atoms with Crippen LogP contribution in [-0.4, -0.2) is 61.5 Å². The first-order valence-corrected chi connectivity index (χ1v) is 21.1. The Hall–Kier alpha value is -5.64. The highest BCUT2D eigenvalue weighted by atomic mass is 35.5. The number of alkyl halides is 3. The van der Waals surface area contributed by atoms with Gasteiger partial charge in [-0.25, -0.2) is 8.42 Å². The number of ether oxygens (including phenoxy) is 2. The molecular weight excluding hydrogens is 846 g/mol. The first-order chi connectivity index (χ1) is 28.3. The number of ketones is 1. The largest absolute Gasteiger partial charge is 0.497 e. The lowest BCUT2D eigenvalue weighted by Crippen LogP contribution is -2.30. The molecule has 0 saturated heterocycles. The first-order valence-electron chi connectivity index (χ1n) is 18.4. The molecule has 0 bridgehead atoms. The normalized spacial score (nSPS) is 13.7. The number of carbonyl (C=O) groups excluding carboxylic acids is 4. The third-order valence-corrected chi connectivity index (χ3v) is 11.1. The van der Waals surface area contributed by atoms with E-state index in [-0.39, 0.29) is 39.8 Å². The third kappa shape index (κ3) is 9.38. The summed E-state index contributed by atoms with van der Waals surface area (Å²) in [5.41, 5.74) is 1.99. The van der Waals surface area contributed by atoms with Crippen molar-refractivity contribution in [1.82, 2.24) is 13.9 Å². The maximum absolute atomic E-state index is 14.2. The van der Waals surface area contributed by atoms with E-state index in [0.717, 1.165) is 57.6 Å². The molecular formula is C43H38Cl2F3N3O8S. The van der Waals surface area contributed by atoms with Crippen molar-refractivity contribution in [3.8, 4) is 11.5 Å². The zero-order valence-electron chi connectivity index (χ0n) is 32.7. The van der Waals surface area contributed by atoms with Crippen molar-refractivity contribution in [2.24, 2.45) is 0 Å². The predicted octanol–water partition coefficient (Wildman–Crippen LogP) is 9.02. The minimum atomic E-state index is -4.88. The number of Topliss-reactive ketones (excluding diaryl/α,β-unsaturated/α-hetero) is 1. The molecule has 1 aliphatic carbocycles. The summed E-state index contributed by atoms with van der Waals surface area (Å²) < 4.78 is 79.9. The average molecular weight is 885 g/mol. The van der Waals surface area contributed by atoms with Crippen LogP contribution in [0, 0.1) is 0 Å².